The molecule has 1 fully saturated rings. The van der Waals surface area contributed by atoms with Crippen LogP contribution in [0.25, 0.3) is 17.2 Å². The molecule has 1 aromatic carbocycles. The molecule has 0 spiro atoms. The van der Waals surface area contributed by atoms with E-state index in [2.05, 4.69) is 25.3 Å². The molecule has 12 heteroatoms. The summed E-state index contributed by atoms with van der Waals surface area (Å²) in [6.45, 7) is 1.85. The number of ether oxygens (including phenoxy) is 1. The van der Waals surface area contributed by atoms with E-state index in [1.165, 1.54) is 0 Å². The standard InChI is InChI=1S/C24H20ClF2N7O2/c1-23(13-2-4-14(25)5-3-13)16-17(28)31-18(32-19(16)33-22(23)35)15-10-34-7-6-29-20(34)21(30-15)36-11-12-8-24(26,27)9-12/h2-7,10,12H,8-9,11H2,1H3,(H3,28,31,32,33,35). The van der Waals surface area contributed by atoms with Crippen molar-refractivity contribution in [2.45, 2.75) is 31.1 Å². The Bertz CT molecular complexity index is 1520. The second kappa shape index (κ2) is 7.82. The number of imidazole rings is 1. The number of carbonyl (C=O) groups is 1. The van der Waals surface area contributed by atoms with Crippen molar-refractivity contribution in [1.29, 1.82) is 0 Å². The SMILES string of the molecule is CC1(c2ccc(Cl)cc2)C(=O)Nc2nc(-c3cn4ccnc4c(OCC4CC(F)(F)C4)n3)nc(N)c21. The highest BCUT2D eigenvalue weighted by Crippen LogP contribution is 2.45. The van der Waals surface area contributed by atoms with Crippen LogP contribution in [0.15, 0.2) is 42.9 Å². The van der Waals surface area contributed by atoms with Crippen molar-refractivity contribution < 1.29 is 18.3 Å². The molecule has 2 aliphatic rings. The maximum Gasteiger partial charge on any atom is 0.259 e. The zero-order chi connectivity index (χ0) is 25.2. The number of aromatic nitrogens is 5. The molecule has 3 aromatic heterocycles. The van der Waals surface area contributed by atoms with Gasteiger partial charge < -0.3 is 20.2 Å². The van der Waals surface area contributed by atoms with Gasteiger partial charge in [0.1, 0.15) is 22.7 Å². The number of alkyl halides is 2. The van der Waals surface area contributed by atoms with E-state index in [-0.39, 0.29) is 54.6 Å². The number of nitrogen functional groups attached to an aromatic ring is 1. The van der Waals surface area contributed by atoms with Crippen LogP contribution in [-0.4, -0.2) is 42.8 Å². The van der Waals surface area contributed by atoms with Crippen molar-refractivity contribution in [3.8, 4) is 17.4 Å². The molecule has 0 radical (unpaired) electrons. The number of rotatable bonds is 5. The second-order valence-corrected chi connectivity index (χ2v) is 9.71. The van der Waals surface area contributed by atoms with Gasteiger partial charge in [-0.05, 0) is 24.6 Å². The molecule has 0 saturated heterocycles. The second-order valence-electron chi connectivity index (χ2n) is 9.27. The normalized spacial score (nSPS) is 20.7. The lowest BCUT2D eigenvalue weighted by Gasteiger charge is -2.34. The first-order valence-electron chi connectivity index (χ1n) is 11.2. The first-order chi connectivity index (χ1) is 17.1. The Kier molecular flexibility index (Phi) is 4.91. The van der Waals surface area contributed by atoms with Gasteiger partial charge in [-0.15, -0.1) is 0 Å². The maximum absolute atomic E-state index is 13.2. The van der Waals surface area contributed by atoms with Crippen LogP contribution in [-0.2, 0) is 10.2 Å². The quantitative estimate of drug-likeness (QED) is 0.414. The van der Waals surface area contributed by atoms with E-state index in [1.54, 1.807) is 54.2 Å². The van der Waals surface area contributed by atoms with Crippen molar-refractivity contribution in [3.63, 3.8) is 0 Å². The Morgan fingerprint density at radius 1 is 1.22 bits per heavy atom. The van der Waals surface area contributed by atoms with E-state index < -0.39 is 11.3 Å². The fourth-order valence-electron chi connectivity index (χ4n) is 4.79. The Morgan fingerprint density at radius 2 is 1.97 bits per heavy atom. The van der Waals surface area contributed by atoms with Crippen LogP contribution in [0.2, 0.25) is 5.02 Å². The molecule has 4 aromatic rings. The Labute approximate surface area is 208 Å². The summed E-state index contributed by atoms with van der Waals surface area (Å²) in [6.07, 6.45) is 4.49. The summed E-state index contributed by atoms with van der Waals surface area (Å²) in [7, 11) is 0. The topological polar surface area (TPSA) is 120 Å². The summed E-state index contributed by atoms with van der Waals surface area (Å²) >= 11 is 6.02. The third kappa shape index (κ3) is 3.53. The summed E-state index contributed by atoms with van der Waals surface area (Å²) < 4.78 is 33.9. The number of anilines is 2. The van der Waals surface area contributed by atoms with Gasteiger partial charge in [-0.25, -0.2) is 28.7 Å². The minimum absolute atomic E-state index is 0.0945. The monoisotopic (exact) mass is 511 g/mol. The van der Waals surface area contributed by atoms with Gasteiger partial charge in [-0.1, -0.05) is 23.7 Å². The van der Waals surface area contributed by atoms with E-state index >= 15 is 0 Å². The van der Waals surface area contributed by atoms with Crippen LogP contribution in [0, 0.1) is 5.92 Å². The van der Waals surface area contributed by atoms with Crippen LogP contribution in [0.5, 0.6) is 5.88 Å². The predicted octanol–water partition coefficient (Wildman–Crippen LogP) is 4.10. The van der Waals surface area contributed by atoms with Crippen LogP contribution in [0.1, 0.15) is 30.9 Å². The number of hydrogen-bond acceptors (Lipinski definition) is 7. The fraction of sp³-hybridized carbons (Fsp3) is 0.292. The van der Waals surface area contributed by atoms with Crippen LogP contribution in [0.3, 0.4) is 0 Å². The molecular formula is C24H20ClF2N7O2. The number of hydrogen-bond donors (Lipinski definition) is 2. The summed E-state index contributed by atoms with van der Waals surface area (Å²) in [6, 6.07) is 6.94. The van der Waals surface area contributed by atoms with Crippen LogP contribution in [0.4, 0.5) is 20.4 Å². The third-order valence-electron chi connectivity index (χ3n) is 6.75. The lowest BCUT2D eigenvalue weighted by Crippen LogP contribution is -2.38. The molecule has 1 aliphatic carbocycles. The molecule has 9 nitrogen and oxygen atoms in total. The summed E-state index contributed by atoms with van der Waals surface area (Å²) in [5.74, 6) is -2.44. The minimum atomic E-state index is -2.63. The zero-order valence-corrected chi connectivity index (χ0v) is 19.8. The molecule has 36 heavy (non-hydrogen) atoms. The Morgan fingerprint density at radius 3 is 2.69 bits per heavy atom. The van der Waals surface area contributed by atoms with Gasteiger partial charge in [0, 0.05) is 42.4 Å². The molecular weight excluding hydrogens is 492 g/mol. The van der Waals surface area contributed by atoms with Gasteiger partial charge in [0.25, 0.3) is 5.88 Å². The fourth-order valence-corrected chi connectivity index (χ4v) is 4.91. The number of halogens is 3. The maximum atomic E-state index is 13.2. The summed E-state index contributed by atoms with van der Waals surface area (Å²) in [4.78, 5) is 30.8. The molecule has 1 unspecified atom stereocenters. The Hall–Kier alpha value is -3.86. The Balaban J connectivity index is 1.37. The average molecular weight is 512 g/mol. The lowest BCUT2D eigenvalue weighted by atomic mass is 9.78. The highest BCUT2D eigenvalue weighted by molar-refractivity contribution is 6.30. The van der Waals surface area contributed by atoms with Gasteiger partial charge in [-0.2, -0.15) is 0 Å². The molecule has 1 amide bonds. The van der Waals surface area contributed by atoms with Crippen molar-refractivity contribution in [2.75, 3.05) is 17.7 Å². The highest BCUT2D eigenvalue weighted by Gasteiger charge is 2.48. The number of benzene rings is 1. The smallest absolute Gasteiger partial charge is 0.259 e. The molecule has 1 saturated carbocycles. The lowest BCUT2D eigenvalue weighted by molar-refractivity contribution is -0.119. The molecule has 1 aliphatic heterocycles. The molecule has 1 atom stereocenters. The van der Waals surface area contributed by atoms with Crippen LogP contribution >= 0.6 is 11.6 Å². The third-order valence-corrected chi connectivity index (χ3v) is 7.00. The van der Waals surface area contributed by atoms with E-state index in [9.17, 15) is 13.6 Å². The average Bonchev–Trinajstić information content (AvgIpc) is 3.39. The minimum Gasteiger partial charge on any atom is -0.475 e. The first-order valence-corrected chi connectivity index (χ1v) is 11.6. The number of fused-ring (bicyclic) bond motifs is 2. The van der Waals surface area contributed by atoms with Crippen molar-refractivity contribution >= 4 is 34.8 Å². The predicted molar refractivity (Wildman–Crippen MR) is 128 cm³/mol. The van der Waals surface area contributed by atoms with E-state index in [0.717, 1.165) is 0 Å². The first kappa shape index (κ1) is 22.6. The van der Waals surface area contributed by atoms with E-state index in [1.807, 2.05) is 0 Å². The van der Waals surface area contributed by atoms with Gasteiger partial charge in [-0.3, -0.25) is 4.79 Å². The van der Waals surface area contributed by atoms with Gasteiger partial charge in [0.2, 0.25) is 17.5 Å². The van der Waals surface area contributed by atoms with E-state index in [4.69, 9.17) is 22.1 Å². The van der Waals surface area contributed by atoms with Crippen molar-refractivity contribution in [2.24, 2.45) is 5.92 Å². The van der Waals surface area contributed by atoms with Gasteiger partial charge in [0.15, 0.2) is 5.82 Å². The number of nitrogens with two attached hydrogens (primary N) is 1. The molecule has 3 N–H and O–H groups in total. The summed E-state index contributed by atoms with van der Waals surface area (Å²) in [5.41, 5.74) is 7.18. The number of nitrogens with zero attached hydrogens (tertiary/aromatic N) is 5. The van der Waals surface area contributed by atoms with Gasteiger partial charge in [0.05, 0.1) is 12.2 Å². The number of nitrogens with one attached hydrogen (secondary N) is 1. The number of carbonyl (C=O) groups excluding carboxylic acids is 1. The van der Waals surface area contributed by atoms with Crippen LogP contribution < -0.4 is 15.8 Å². The molecule has 0 bridgehead atoms. The summed E-state index contributed by atoms with van der Waals surface area (Å²) in [5, 5.41) is 3.36. The molecule has 6 rings (SSSR count). The highest BCUT2D eigenvalue weighted by atomic mass is 35.5. The van der Waals surface area contributed by atoms with Crippen molar-refractivity contribution in [1.82, 2.24) is 24.3 Å². The van der Waals surface area contributed by atoms with E-state index in [0.29, 0.717) is 27.5 Å². The molecule has 4 heterocycles. The van der Waals surface area contributed by atoms with Gasteiger partial charge >= 0.3 is 0 Å². The zero-order valence-electron chi connectivity index (χ0n) is 19.0. The molecule has 184 valence electrons. The van der Waals surface area contributed by atoms with Crippen molar-refractivity contribution in [3.05, 3.63) is 59.0 Å². The largest absolute Gasteiger partial charge is 0.475 e. The number of amides is 1.